The first-order valence-corrected chi connectivity index (χ1v) is 11.0. The van der Waals surface area contributed by atoms with Crippen LogP contribution in [0.2, 0.25) is 0 Å². The molecule has 2 rings (SSSR count). The quantitative estimate of drug-likeness (QED) is 0.723. The van der Waals surface area contributed by atoms with Gasteiger partial charge < -0.3 is 9.80 Å². The van der Waals surface area contributed by atoms with E-state index < -0.39 is 9.84 Å². The van der Waals surface area contributed by atoms with Crippen LogP contribution in [0.1, 0.15) is 32.1 Å². The third kappa shape index (κ3) is 5.13. The van der Waals surface area contributed by atoms with E-state index in [1.807, 2.05) is 19.0 Å². The largest absolute Gasteiger partial charge is 0.338 e. The SMILES string of the molecule is CN(C)CCCN(C(=O)[C@@H]1CCCCS1)[C@H]1CCS(=O)(=O)C1. The number of hydrogen-bond donors (Lipinski definition) is 0. The highest BCUT2D eigenvalue weighted by Crippen LogP contribution is 2.29. The average molecular weight is 349 g/mol. The van der Waals surface area contributed by atoms with Crippen molar-refractivity contribution in [3.05, 3.63) is 0 Å². The standard InChI is InChI=1S/C15H28N2O3S2/c1-16(2)8-5-9-17(13-7-11-22(19,20)12-13)15(18)14-6-3-4-10-21-14/h13-14H,3-12H2,1-2H3/t13-,14-/m0/s1. The Labute approximate surface area is 138 Å². The van der Waals surface area contributed by atoms with Crippen LogP contribution in [0.15, 0.2) is 0 Å². The molecule has 7 heteroatoms. The fourth-order valence-electron chi connectivity index (χ4n) is 3.17. The second kappa shape index (κ2) is 8.02. The van der Waals surface area contributed by atoms with Gasteiger partial charge in [-0.05, 0) is 52.1 Å². The van der Waals surface area contributed by atoms with E-state index in [2.05, 4.69) is 4.90 Å². The summed E-state index contributed by atoms with van der Waals surface area (Å²) in [6, 6.07) is -0.109. The van der Waals surface area contributed by atoms with Crippen molar-refractivity contribution < 1.29 is 13.2 Å². The number of carbonyl (C=O) groups is 1. The summed E-state index contributed by atoms with van der Waals surface area (Å²) < 4.78 is 23.5. The van der Waals surface area contributed by atoms with Gasteiger partial charge in [-0.1, -0.05) is 6.42 Å². The first kappa shape index (κ1) is 18.1. The van der Waals surface area contributed by atoms with Gasteiger partial charge in [-0.15, -0.1) is 11.8 Å². The molecule has 2 saturated heterocycles. The predicted molar refractivity (Wildman–Crippen MR) is 92.0 cm³/mol. The van der Waals surface area contributed by atoms with Crippen LogP contribution in [0.5, 0.6) is 0 Å². The second-order valence-electron chi connectivity index (χ2n) is 6.60. The van der Waals surface area contributed by atoms with E-state index >= 15 is 0 Å². The molecule has 2 aliphatic heterocycles. The van der Waals surface area contributed by atoms with Gasteiger partial charge in [0.25, 0.3) is 0 Å². The molecule has 0 unspecified atom stereocenters. The van der Waals surface area contributed by atoms with Gasteiger partial charge in [0.2, 0.25) is 5.91 Å². The molecular weight excluding hydrogens is 320 g/mol. The fourth-order valence-corrected chi connectivity index (χ4v) is 6.17. The molecule has 0 aromatic carbocycles. The van der Waals surface area contributed by atoms with Crippen molar-refractivity contribution in [3.63, 3.8) is 0 Å². The van der Waals surface area contributed by atoms with Gasteiger partial charge in [0.05, 0.1) is 16.8 Å². The summed E-state index contributed by atoms with van der Waals surface area (Å²) >= 11 is 1.75. The molecule has 0 aromatic rings. The minimum Gasteiger partial charge on any atom is -0.338 e. The van der Waals surface area contributed by atoms with E-state index in [4.69, 9.17) is 0 Å². The molecule has 2 fully saturated rings. The van der Waals surface area contributed by atoms with Crippen LogP contribution >= 0.6 is 11.8 Å². The van der Waals surface area contributed by atoms with Crippen molar-refractivity contribution in [1.29, 1.82) is 0 Å². The van der Waals surface area contributed by atoms with E-state index in [1.54, 1.807) is 11.8 Å². The molecule has 2 atom stereocenters. The number of nitrogens with zero attached hydrogens (tertiary/aromatic N) is 2. The zero-order valence-electron chi connectivity index (χ0n) is 13.7. The van der Waals surface area contributed by atoms with Crippen molar-refractivity contribution in [2.45, 2.75) is 43.4 Å². The first-order chi connectivity index (χ1) is 10.4. The zero-order valence-corrected chi connectivity index (χ0v) is 15.3. The Kier molecular flexibility index (Phi) is 6.58. The Morgan fingerprint density at radius 1 is 1.18 bits per heavy atom. The van der Waals surface area contributed by atoms with Gasteiger partial charge in [0.1, 0.15) is 0 Å². The third-order valence-corrected chi connectivity index (χ3v) is 7.51. The molecule has 1 amide bonds. The molecule has 2 heterocycles. The normalized spacial score (nSPS) is 28.0. The maximum atomic E-state index is 12.9. The second-order valence-corrected chi connectivity index (χ2v) is 10.1. The van der Waals surface area contributed by atoms with Gasteiger partial charge in [-0.3, -0.25) is 4.79 Å². The summed E-state index contributed by atoms with van der Waals surface area (Å²) in [5, 5.41) is 0.0383. The topological polar surface area (TPSA) is 57.7 Å². The number of rotatable bonds is 6. The van der Waals surface area contributed by atoms with E-state index in [0.717, 1.165) is 31.6 Å². The highest BCUT2D eigenvalue weighted by molar-refractivity contribution is 8.00. The summed E-state index contributed by atoms with van der Waals surface area (Å²) in [5.41, 5.74) is 0. The zero-order chi connectivity index (χ0) is 16.2. The van der Waals surface area contributed by atoms with Crippen LogP contribution in [0.3, 0.4) is 0 Å². The molecule has 2 aliphatic rings. The minimum absolute atomic E-state index is 0.0383. The lowest BCUT2D eigenvalue weighted by molar-refractivity contribution is -0.132. The lowest BCUT2D eigenvalue weighted by Crippen LogP contribution is -2.46. The Morgan fingerprint density at radius 2 is 1.95 bits per heavy atom. The lowest BCUT2D eigenvalue weighted by Gasteiger charge is -2.33. The number of amides is 1. The summed E-state index contributed by atoms with van der Waals surface area (Å²) in [6.45, 7) is 1.59. The van der Waals surface area contributed by atoms with Crippen molar-refractivity contribution in [2.75, 3.05) is 44.4 Å². The third-order valence-electron chi connectivity index (χ3n) is 4.39. The molecular formula is C15H28N2O3S2. The number of sulfone groups is 1. The molecule has 22 heavy (non-hydrogen) atoms. The number of hydrogen-bond acceptors (Lipinski definition) is 5. The first-order valence-electron chi connectivity index (χ1n) is 8.16. The van der Waals surface area contributed by atoms with Crippen LogP contribution in [-0.2, 0) is 14.6 Å². The van der Waals surface area contributed by atoms with Gasteiger partial charge in [0.15, 0.2) is 9.84 Å². The number of carbonyl (C=O) groups excluding carboxylic acids is 1. The molecule has 0 aromatic heterocycles. The summed E-state index contributed by atoms with van der Waals surface area (Å²) in [5.74, 6) is 1.60. The van der Waals surface area contributed by atoms with Crippen LogP contribution in [0, 0.1) is 0 Å². The molecule has 0 aliphatic carbocycles. The minimum atomic E-state index is -2.96. The maximum absolute atomic E-state index is 12.9. The Balaban J connectivity index is 2.01. The fraction of sp³-hybridized carbons (Fsp3) is 0.933. The van der Waals surface area contributed by atoms with E-state index in [-0.39, 0.29) is 28.7 Å². The molecule has 128 valence electrons. The lowest BCUT2D eigenvalue weighted by atomic mass is 10.1. The summed E-state index contributed by atoms with van der Waals surface area (Å²) in [7, 11) is 1.08. The average Bonchev–Trinajstić information content (AvgIpc) is 2.83. The highest BCUT2D eigenvalue weighted by atomic mass is 32.2. The molecule has 5 nitrogen and oxygen atoms in total. The van der Waals surface area contributed by atoms with Crippen molar-refractivity contribution in [3.8, 4) is 0 Å². The van der Waals surface area contributed by atoms with Gasteiger partial charge >= 0.3 is 0 Å². The van der Waals surface area contributed by atoms with E-state index in [0.29, 0.717) is 13.0 Å². The molecule has 0 radical (unpaired) electrons. The van der Waals surface area contributed by atoms with E-state index in [9.17, 15) is 13.2 Å². The number of thioether (sulfide) groups is 1. The van der Waals surface area contributed by atoms with Crippen LogP contribution < -0.4 is 0 Å². The van der Waals surface area contributed by atoms with Crippen LogP contribution in [0.25, 0.3) is 0 Å². The van der Waals surface area contributed by atoms with Gasteiger partial charge in [0, 0.05) is 12.6 Å². The highest BCUT2D eigenvalue weighted by Gasteiger charge is 2.37. The van der Waals surface area contributed by atoms with Crippen molar-refractivity contribution >= 4 is 27.5 Å². The molecule has 0 bridgehead atoms. The summed E-state index contributed by atoms with van der Waals surface area (Å²) in [4.78, 5) is 16.9. The Morgan fingerprint density at radius 3 is 2.50 bits per heavy atom. The Hall–Kier alpha value is -0.270. The summed E-state index contributed by atoms with van der Waals surface area (Å²) in [6.07, 6.45) is 4.73. The van der Waals surface area contributed by atoms with E-state index in [1.165, 1.54) is 6.42 Å². The van der Waals surface area contributed by atoms with Gasteiger partial charge in [-0.25, -0.2) is 8.42 Å². The Bertz CT molecular complexity index is 473. The van der Waals surface area contributed by atoms with Crippen LogP contribution in [-0.4, -0.2) is 79.9 Å². The van der Waals surface area contributed by atoms with Crippen molar-refractivity contribution in [2.24, 2.45) is 0 Å². The maximum Gasteiger partial charge on any atom is 0.235 e. The molecule has 0 saturated carbocycles. The molecule has 0 spiro atoms. The molecule has 0 N–H and O–H groups in total. The smallest absolute Gasteiger partial charge is 0.235 e. The van der Waals surface area contributed by atoms with Crippen molar-refractivity contribution in [1.82, 2.24) is 9.80 Å². The predicted octanol–water partition coefficient (Wildman–Crippen LogP) is 1.24. The van der Waals surface area contributed by atoms with Crippen LogP contribution in [0.4, 0.5) is 0 Å². The monoisotopic (exact) mass is 348 g/mol. The van der Waals surface area contributed by atoms with Gasteiger partial charge in [-0.2, -0.15) is 0 Å².